The monoisotopic (exact) mass is 472 g/mol. The van der Waals surface area contributed by atoms with Crippen LogP contribution in [0.15, 0.2) is 41.2 Å². The SMILES string of the molecule is Cc1nc2ccc(CNC(=O)c3ccc(Cl)c(Cl)c3)cc2c(=O)n1[C@@H]1CCC(=O)NC1=O. The van der Waals surface area contributed by atoms with Gasteiger partial charge in [0.25, 0.3) is 11.5 Å². The van der Waals surface area contributed by atoms with Gasteiger partial charge in [-0.3, -0.25) is 29.1 Å². The molecule has 0 spiro atoms. The highest BCUT2D eigenvalue weighted by Crippen LogP contribution is 2.23. The maximum absolute atomic E-state index is 13.2. The third-order valence-corrected chi connectivity index (χ3v) is 6.04. The third-order valence-electron chi connectivity index (χ3n) is 5.30. The van der Waals surface area contributed by atoms with Crippen LogP contribution in [0.25, 0.3) is 10.9 Å². The molecule has 3 aromatic rings. The van der Waals surface area contributed by atoms with E-state index in [4.69, 9.17) is 23.2 Å². The number of benzene rings is 2. The molecule has 8 nitrogen and oxygen atoms in total. The Morgan fingerprint density at radius 1 is 1.16 bits per heavy atom. The van der Waals surface area contributed by atoms with E-state index in [1.165, 1.54) is 10.6 Å². The lowest BCUT2D eigenvalue weighted by molar-refractivity contribution is -0.135. The minimum Gasteiger partial charge on any atom is -0.348 e. The van der Waals surface area contributed by atoms with E-state index in [2.05, 4.69) is 15.6 Å². The van der Waals surface area contributed by atoms with Crippen LogP contribution in [-0.2, 0) is 16.1 Å². The zero-order valence-electron chi connectivity index (χ0n) is 16.9. The van der Waals surface area contributed by atoms with Gasteiger partial charge in [0.05, 0.1) is 20.9 Å². The minimum atomic E-state index is -0.796. The van der Waals surface area contributed by atoms with Crippen LogP contribution in [0.5, 0.6) is 0 Å². The molecule has 4 rings (SSSR count). The number of piperidine rings is 1. The number of carbonyl (C=O) groups excluding carboxylic acids is 3. The average molecular weight is 473 g/mol. The molecule has 164 valence electrons. The van der Waals surface area contributed by atoms with Crippen molar-refractivity contribution >= 4 is 51.8 Å². The summed E-state index contributed by atoms with van der Waals surface area (Å²) < 4.78 is 1.32. The molecule has 0 radical (unpaired) electrons. The molecule has 1 atom stereocenters. The number of hydrogen-bond donors (Lipinski definition) is 2. The molecule has 0 aliphatic carbocycles. The van der Waals surface area contributed by atoms with Gasteiger partial charge in [-0.2, -0.15) is 0 Å². The van der Waals surface area contributed by atoms with Gasteiger partial charge in [0.2, 0.25) is 11.8 Å². The van der Waals surface area contributed by atoms with Crippen molar-refractivity contribution in [1.82, 2.24) is 20.2 Å². The quantitative estimate of drug-likeness (QED) is 0.567. The smallest absolute Gasteiger partial charge is 0.262 e. The molecule has 0 unspecified atom stereocenters. The van der Waals surface area contributed by atoms with Crippen LogP contribution < -0.4 is 16.2 Å². The van der Waals surface area contributed by atoms with Gasteiger partial charge in [-0.15, -0.1) is 0 Å². The number of nitrogens with zero attached hydrogens (tertiary/aromatic N) is 2. The molecule has 0 bridgehead atoms. The summed E-state index contributed by atoms with van der Waals surface area (Å²) in [6, 6.07) is 8.89. The molecule has 3 amide bonds. The first-order chi connectivity index (χ1) is 15.2. The number of halogens is 2. The van der Waals surface area contributed by atoms with E-state index in [0.717, 1.165) is 0 Å². The molecule has 1 fully saturated rings. The summed E-state index contributed by atoms with van der Waals surface area (Å²) in [5.74, 6) is -0.826. The third kappa shape index (κ3) is 4.24. The second-order valence-electron chi connectivity index (χ2n) is 7.46. The molecular formula is C22H18Cl2N4O4. The van der Waals surface area contributed by atoms with Crippen molar-refractivity contribution in [2.75, 3.05) is 0 Å². The van der Waals surface area contributed by atoms with E-state index in [1.807, 2.05) is 0 Å². The van der Waals surface area contributed by atoms with Crippen molar-refractivity contribution < 1.29 is 14.4 Å². The Morgan fingerprint density at radius 3 is 2.66 bits per heavy atom. The first-order valence-electron chi connectivity index (χ1n) is 9.83. The molecule has 0 saturated carbocycles. The number of aromatic nitrogens is 2. The van der Waals surface area contributed by atoms with Gasteiger partial charge in [-0.1, -0.05) is 29.3 Å². The van der Waals surface area contributed by atoms with Crippen LogP contribution >= 0.6 is 23.2 Å². The number of fused-ring (bicyclic) bond motifs is 1. The molecule has 1 aliphatic rings. The molecule has 1 aliphatic heterocycles. The number of aryl methyl sites for hydroxylation is 1. The highest BCUT2D eigenvalue weighted by atomic mass is 35.5. The maximum atomic E-state index is 13.2. The molecule has 1 saturated heterocycles. The topological polar surface area (TPSA) is 110 Å². The largest absolute Gasteiger partial charge is 0.348 e. The Labute approximate surface area is 192 Å². The number of rotatable bonds is 4. The summed E-state index contributed by atoms with van der Waals surface area (Å²) in [5.41, 5.74) is 1.15. The van der Waals surface area contributed by atoms with E-state index in [1.54, 1.807) is 37.3 Å². The Hall–Kier alpha value is -3.23. The van der Waals surface area contributed by atoms with Crippen molar-refractivity contribution in [3.63, 3.8) is 0 Å². The van der Waals surface area contributed by atoms with Crippen LogP contribution in [0.2, 0.25) is 10.0 Å². The summed E-state index contributed by atoms with van der Waals surface area (Å²) in [5, 5.41) is 6.00. The van der Waals surface area contributed by atoms with Crippen molar-refractivity contribution in [1.29, 1.82) is 0 Å². The first-order valence-corrected chi connectivity index (χ1v) is 10.6. The molecule has 1 aromatic heterocycles. The van der Waals surface area contributed by atoms with Gasteiger partial charge >= 0.3 is 0 Å². The predicted octanol–water partition coefficient (Wildman–Crippen LogP) is 2.92. The second kappa shape index (κ2) is 8.72. The van der Waals surface area contributed by atoms with E-state index >= 15 is 0 Å². The molecule has 10 heteroatoms. The summed E-state index contributed by atoms with van der Waals surface area (Å²) >= 11 is 11.8. The van der Waals surface area contributed by atoms with Gasteiger partial charge in [0.15, 0.2) is 0 Å². The summed E-state index contributed by atoms with van der Waals surface area (Å²) in [6.45, 7) is 1.82. The Morgan fingerprint density at radius 2 is 1.94 bits per heavy atom. The number of hydrogen-bond acceptors (Lipinski definition) is 5. The van der Waals surface area contributed by atoms with Gasteiger partial charge in [-0.05, 0) is 49.2 Å². The number of carbonyl (C=O) groups is 3. The zero-order chi connectivity index (χ0) is 23.0. The molecule has 2 aromatic carbocycles. The zero-order valence-corrected chi connectivity index (χ0v) is 18.5. The van der Waals surface area contributed by atoms with E-state index in [0.29, 0.717) is 32.9 Å². The van der Waals surface area contributed by atoms with E-state index < -0.39 is 11.9 Å². The first kappa shape index (κ1) is 22.0. The summed E-state index contributed by atoms with van der Waals surface area (Å²) in [4.78, 5) is 53.8. The fourth-order valence-electron chi connectivity index (χ4n) is 3.68. The molecule has 2 heterocycles. The van der Waals surface area contributed by atoms with Crippen molar-refractivity contribution in [2.24, 2.45) is 0 Å². The molecule has 32 heavy (non-hydrogen) atoms. The maximum Gasteiger partial charge on any atom is 0.262 e. The van der Waals surface area contributed by atoms with Crippen molar-refractivity contribution in [3.8, 4) is 0 Å². The van der Waals surface area contributed by atoms with Crippen molar-refractivity contribution in [2.45, 2.75) is 32.4 Å². The number of amides is 3. The standard InChI is InChI=1S/C22H18Cl2N4O4/c1-11-26-17-5-2-12(10-25-20(30)13-3-4-15(23)16(24)9-13)8-14(17)22(32)28(11)18-6-7-19(29)27-21(18)31/h2-5,8-9,18H,6-7,10H2,1H3,(H,25,30)(H,27,29,31)/t18-/m1/s1. The summed E-state index contributed by atoms with van der Waals surface area (Å²) in [7, 11) is 0. The second-order valence-corrected chi connectivity index (χ2v) is 8.28. The normalized spacial score (nSPS) is 16.2. The Bertz CT molecular complexity index is 1340. The van der Waals surface area contributed by atoms with Crippen LogP contribution in [0, 0.1) is 6.92 Å². The van der Waals surface area contributed by atoms with Crippen LogP contribution in [-0.4, -0.2) is 27.3 Å². The molecule has 2 N–H and O–H groups in total. The lowest BCUT2D eigenvalue weighted by Gasteiger charge is -2.24. The highest BCUT2D eigenvalue weighted by Gasteiger charge is 2.30. The number of nitrogens with one attached hydrogen (secondary N) is 2. The Balaban J connectivity index is 1.61. The number of imide groups is 1. The van der Waals surface area contributed by atoms with Gasteiger partial charge in [-0.25, -0.2) is 4.98 Å². The van der Waals surface area contributed by atoms with Crippen LogP contribution in [0.1, 0.15) is 40.6 Å². The van der Waals surface area contributed by atoms with E-state index in [9.17, 15) is 19.2 Å². The fourth-order valence-corrected chi connectivity index (χ4v) is 3.98. The lowest BCUT2D eigenvalue weighted by Crippen LogP contribution is -2.45. The van der Waals surface area contributed by atoms with Crippen LogP contribution in [0.3, 0.4) is 0 Å². The molecular weight excluding hydrogens is 455 g/mol. The van der Waals surface area contributed by atoms with Gasteiger partial charge in [0.1, 0.15) is 11.9 Å². The van der Waals surface area contributed by atoms with E-state index in [-0.39, 0.29) is 41.8 Å². The summed E-state index contributed by atoms with van der Waals surface area (Å²) in [6.07, 6.45) is 0.388. The Kier molecular flexibility index (Phi) is 5.99. The highest BCUT2D eigenvalue weighted by molar-refractivity contribution is 6.42. The average Bonchev–Trinajstić information content (AvgIpc) is 2.75. The van der Waals surface area contributed by atoms with Gasteiger partial charge < -0.3 is 5.32 Å². The van der Waals surface area contributed by atoms with Crippen LogP contribution in [0.4, 0.5) is 0 Å². The van der Waals surface area contributed by atoms with Gasteiger partial charge in [0, 0.05) is 18.5 Å². The van der Waals surface area contributed by atoms with Crippen molar-refractivity contribution in [3.05, 3.63) is 73.7 Å². The lowest BCUT2D eigenvalue weighted by atomic mass is 10.0. The minimum absolute atomic E-state index is 0.154. The fraction of sp³-hybridized carbons (Fsp3) is 0.227. The predicted molar refractivity (Wildman–Crippen MR) is 120 cm³/mol.